The average molecular weight is 255 g/mol. The van der Waals surface area contributed by atoms with Gasteiger partial charge < -0.3 is 5.73 Å². The highest BCUT2D eigenvalue weighted by Crippen LogP contribution is 2.29. The van der Waals surface area contributed by atoms with Gasteiger partial charge in [0.15, 0.2) is 0 Å². The summed E-state index contributed by atoms with van der Waals surface area (Å²) in [6, 6.07) is 5.99. The lowest BCUT2D eigenvalue weighted by Gasteiger charge is -2.31. The largest absolute Gasteiger partial charge is 0.327 e. The van der Waals surface area contributed by atoms with Crippen molar-refractivity contribution in [3.8, 4) is 0 Å². The fraction of sp³-hybridized carbons (Fsp3) is 0.538. The zero-order chi connectivity index (χ0) is 12.4. The average Bonchev–Trinajstić information content (AvgIpc) is 2.31. The van der Waals surface area contributed by atoms with E-state index in [1.54, 1.807) is 12.1 Å². The van der Waals surface area contributed by atoms with Crippen LogP contribution in [-0.4, -0.2) is 15.5 Å². The molecule has 0 aromatic heterocycles. The summed E-state index contributed by atoms with van der Waals surface area (Å²) in [5.41, 5.74) is 6.03. The van der Waals surface area contributed by atoms with E-state index in [0.29, 0.717) is 10.8 Å². The van der Waals surface area contributed by atoms with Crippen LogP contribution in [0.1, 0.15) is 26.2 Å². The Morgan fingerprint density at radius 3 is 2.88 bits per heavy atom. The summed E-state index contributed by atoms with van der Waals surface area (Å²) in [6.45, 7) is 2.15. The number of rotatable bonds is 2. The molecular formula is C13H18FNOS. The number of hydrogen-bond donors (Lipinski definition) is 1. The van der Waals surface area contributed by atoms with Crippen LogP contribution in [0.5, 0.6) is 0 Å². The molecule has 0 radical (unpaired) electrons. The van der Waals surface area contributed by atoms with Crippen LogP contribution in [0.4, 0.5) is 4.39 Å². The molecular weight excluding hydrogens is 237 g/mol. The van der Waals surface area contributed by atoms with Gasteiger partial charge in [-0.1, -0.05) is 13.0 Å². The van der Waals surface area contributed by atoms with E-state index in [2.05, 4.69) is 6.92 Å². The first-order valence-electron chi connectivity index (χ1n) is 5.99. The highest BCUT2D eigenvalue weighted by Gasteiger charge is 2.31. The van der Waals surface area contributed by atoms with Crippen molar-refractivity contribution in [1.29, 1.82) is 0 Å². The number of benzene rings is 1. The summed E-state index contributed by atoms with van der Waals surface area (Å²) < 4.78 is 25.5. The van der Waals surface area contributed by atoms with Gasteiger partial charge >= 0.3 is 0 Å². The molecule has 0 saturated heterocycles. The Balaban J connectivity index is 2.18. The summed E-state index contributed by atoms with van der Waals surface area (Å²) in [5, 5.41) is -0.0412. The van der Waals surface area contributed by atoms with Crippen LogP contribution in [0.25, 0.3) is 0 Å². The molecule has 94 valence electrons. The second-order valence-electron chi connectivity index (χ2n) is 4.88. The van der Waals surface area contributed by atoms with Crippen LogP contribution >= 0.6 is 0 Å². The summed E-state index contributed by atoms with van der Waals surface area (Å²) in [6.07, 6.45) is 2.87. The minimum atomic E-state index is -1.20. The van der Waals surface area contributed by atoms with Crippen LogP contribution in [0.3, 0.4) is 0 Å². The lowest BCUT2D eigenvalue weighted by atomic mass is 9.87. The molecule has 4 heteroatoms. The molecule has 0 aliphatic heterocycles. The van der Waals surface area contributed by atoms with Gasteiger partial charge in [-0.25, -0.2) is 4.39 Å². The molecule has 1 aromatic rings. The highest BCUT2D eigenvalue weighted by molar-refractivity contribution is 7.85. The van der Waals surface area contributed by atoms with Crippen molar-refractivity contribution in [2.24, 2.45) is 11.7 Å². The highest BCUT2D eigenvalue weighted by atomic mass is 32.2. The van der Waals surface area contributed by atoms with Crippen molar-refractivity contribution in [3.63, 3.8) is 0 Å². The molecule has 1 aliphatic carbocycles. The Bertz CT molecular complexity index is 424. The summed E-state index contributed by atoms with van der Waals surface area (Å²) in [7, 11) is -1.20. The third-order valence-electron chi connectivity index (χ3n) is 3.41. The first-order chi connectivity index (χ1) is 8.08. The minimum absolute atomic E-state index is 0.0321. The second kappa shape index (κ2) is 5.27. The van der Waals surface area contributed by atoms with Crippen LogP contribution in [0, 0.1) is 11.7 Å². The zero-order valence-corrected chi connectivity index (χ0v) is 10.8. The maximum Gasteiger partial charge on any atom is 0.124 e. The van der Waals surface area contributed by atoms with Crippen LogP contribution in [-0.2, 0) is 10.8 Å². The molecule has 2 N–H and O–H groups in total. The van der Waals surface area contributed by atoms with Gasteiger partial charge in [0.25, 0.3) is 0 Å². The Morgan fingerprint density at radius 1 is 1.41 bits per heavy atom. The van der Waals surface area contributed by atoms with Crippen molar-refractivity contribution in [3.05, 3.63) is 30.1 Å². The van der Waals surface area contributed by atoms with Crippen molar-refractivity contribution >= 4 is 10.8 Å². The number of nitrogens with two attached hydrogens (primary N) is 1. The van der Waals surface area contributed by atoms with Crippen LogP contribution in [0.15, 0.2) is 29.2 Å². The molecule has 1 aromatic carbocycles. The lowest BCUT2D eigenvalue weighted by molar-refractivity contribution is 0.353. The first kappa shape index (κ1) is 12.7. The fourth-order valence-corrected chi connectivity index (χ4v) is 4.11. The van der Waals surface area contributed by atoms with Gasteiger partial charge in [-0.2, -0.15) is 0 Å². The van der Waals surface area contributed by atoms with Crippen molar-refractivity contribution < 1.29 is 8.60 Å². The molecule has 0 bridgehead atoms. The fourth-order valence-electron chi connectivity index (χ4n) is 2.37. The molecule has 1 fully saturated rings. The van der Waals surface area contributed by atoms with Crippen LogP contribution < -0.4 is 5.73 Å². The van der Waals surface area contributed by atoms with Crippen molar-refractivity contribution in [1.82, 2.24) is 0 Å². The first-order valence-corrected chi connectivity index (χ1v) is 7.21. The third-order valence-corrected chi connectivity index (χ3v) is 5.22. The Kier molecular flexibility index (Phi) is 3.94. The summed E-state index contributed by atoms with van der Waals surface area (Å²) in [4.78, 5) is 0.555. The van der Waals surface area contributed by atoms with E-state index in [4.69, 9.17) is 5.73 Å². The standard InChI is InChI=1S/C13H18FNOS/c1-9-5-6-12(15)13(7-9)17(16)11-4-2-3-10(14)8-11/h2-4,8-9,12-13H,5-7,15H2,1H3. The van der Waals surface area contributed by atoms with Gasteiger partial charge in [0.05, 0.1) is 16.0 Å². The van der Waals surface area contributed by atoms with E-state index in [-0.39, 0.29) is 17.1 Å². The molecule has 1 aliphatic rings. The minimum Gasteiger partial charge on any atom is -0.327 e. The summed E-state index contributed by atoms with van der Waals surface area (Å²) >= 11 is 0. The predicted molar refractivity (Wildman–Crippen MR) is 67.6 cm³/mol. The molecule has 0 amide bonds. The van der Waals surface area contributed by atoms with Gasteiger partial charge in [-0.3, -0.25) is 4.21 Å². The van der Waals surface area contributed by atoms with E-state index < -0.39 is 10.8 Å². The summed E-state index contributed by atoms with van der Waals surface area (Å²) in [5.74, 6) is 0.214. The van der Waals surface area contributed by atoms with E-state index >= 15 is 0 Å². The maximum atomic E-state index is 13.1. The van der Waals surface area contributed by atoms with Crippen molar-refractivity contribution in [2.45, 2.75) is 42.4 Å². The smallest absolute Gasteiger partial charge is 0.124 e. The molecule has 2 nitrogen and oxygen atoms in total. The molecule has 0 heterocycles. The monoisotopic (exact) mass is 255 g/mol. The number of halogens is 1. The predicted octanol–water partition coefficient (Wildman–Crippen LogP) is 2.45. The van der Waals surface area contributed by atoms with Gasteiger partial charge in [0.1, 0.15) is 5.82 Å². The molecule has 4 unspecified atom stereocenters. The maximum absolute atomic E-state index is 13.1. The third kappa shape index (κ3) is 2.93. The molecule has 4 atom stereocenters. The van der Waals surface area contributed by atoms with Gasteiger partial charge in [0.2, 0.25) is 0 Å². The molecule has 1 saturated carbocycles. The molecule has 2 rings (SSSR count). The second-order valence-corrected chi connectivity index (χ2v) is 6.55. The van der Waals surface area contributed by atoms with Crippen molar-refractivity contribution in [2.75, 3.05) is 0 Å². The van der Waals surface area contributed by atoms with Gasteiger partial charge in [-0.15, -0.1) is 0 Å². The SMILES string of the molecule is CC1CCC(N)C(S(=O)c2cccc(F)c2)C1. The van der Waals surface area contributed by atoms with E-state index in [1.807, 2.05) is 0 Å². The Morgan fingerprint density at radius 2 is 2.18 bits per heavy atom. The van der Waals surface area contributed by atoms with E-state index in [0.717, 1.165) is 19.3 Å². The van der Waals surface area contributed by atoms with Crippen LogP contribution in [0.2, 0.25) is 0 Å². The zero-order valence-electron chi connectivity index (χ0n) is 9.93. The molecule has 0 spiro atoms. The Hall–Kier alpha value is -0.740. The normalized spacial score (nSPS) is 31.1. The topological polar surface area (TPSA) is 43.1 Å². The number of hydrogen-bond acceptors (Lipinski definition) is 2. The van der Waals surface area contributed by atoms with Gasteiger partial charge in [0, 0.05) is 10.9 Å². The van der Waals surface area contributed by atoms with E-state index in [9.17, 15) is 8.60 Å². The molecule has 17 heavy (non-hydrogen) atoms. The van der Waals surface area contributed by atoms with Gasteiger partial charge in [-0.05, 0) is 43.4 Å². The quantitative estimate of drug-likeness (QED) is 0.882. The van der Waals surface area contributed by atoms with E-state index in [1.165, 1.54) is 12.1 Å². The lowest BCUT2D eigenvalue weighted by Crippen LogP contribution is -2.42. The Labute approximate surface area is 104 Å².